The Bertz CT molecular complexity index is 336. The lowest BCUT2D eigenvalue weighted by molar-refractivity contribution is -0.112. The Labute approximate surface area is 71.0 Å². The minimum absolute atomic E-state index is 0.705. The van der Waals surface area contributed by atoms with Crippen LogP contribution in [0.1, 0.15) is 6.92 Å². The Morgan fingerprint density at radius 2 is 1.92 bits per heavy atom. The SMILES string of the molecule is CC(O)C#CC#CC#CC(N)=O. The van der Waals surface area contributed by atoms with Gasteiger partial charge in [0.1, 0.15) is 6.10 Å². The summed E-state index contributed by atoms with van der Waals surface area (Å²) in [4.78, 5) is 10.0. The van der Waals surface area contributed by atoms with E-state index in [9.17, 15) is 4.79 Å². The summed E-state index contributed by atoms with van der Waals surface area (Å²) >= 11 is 0. The highest BCUT2D eigenvalue weighted by molar-refractivity contribution is 5.92. The summed E-state index contributed by atoms with van der Waals surface area (Å²) in [6.45, 7) is 1.52. The molecule has 0 aromatic rings. The van der Waals surface area contributed by atoms with Gasteiger partial charge in [-0.15, -0.1) is 0 Å². The molecule has 1 atom stereocenters. The average molecular weight is 161 g/mol. The van der Waals surface area contributed by atoms with Crippen LogP contribution < -0.4 is 5.73 Å². The number of carbonyl (C=O) groups is 1. The third-order valence-electron chi connectivity index (χ3n) is 0.654. The van der Waals surface area contributed by atoms with E-state index in [0.717, 1.165) is 0 Å². The third-order valence-corrected chi connectivity index (χ3v) is 0.654. The molecule has 0 radical (unpaired) electrons. The van der Waals surface area contributed by atoms with Crippen LogP contribution >= 0.6 is 0 Å². The van der Waals surface area contributed by atoms with Crippen molar-refractivity contribution >= 4 is 5.91 Å². The van der Waals surface area contributed by atoms with E-state index in [1.54, 1.807) is 0 Å². The summed E-state index contributed by atoms with van der Waals surface area (Å²) in [6.07, 6.45) is -0.705. The van der Waals surface area contributed by atoms with Crippen LogP contribution in [0.25, 0.3) is 0 Å². The molecule has 0 spiro atoms. The van der Waals surface area contributed by atoms with Crippen LogP contribution in [0.4, 0.5) is 0 Å². The highest BCUT2D eigenvalue weighted by atomic mass is 16.3. The van der Waals surface area contributed by atoms with Crippen LogP contribution in [0.3, 0.4) is 0 Å². The van der Waals surface area contributed by atoms with Crippen molar-refractivity contribution in [2.75, 3.05) is 0 Å². The van der Waals surface area contributed by atoms with Gasteiger partial charge in [-0.05, 0) is 30.6 Å². The summed E-state index contributed by atoms with van der Waals surface area (Å²) < 4.78 is 0. The van der Waals surface area contributed by atoms with Gasteiger partial charge in [-0.2, -0.15) is 0 Å². The van der Waals surface area contributed by atoms with Crippen LogP contribution in [-0.2, 0) is 4.79 Å². The number of carbonyl (C=O) groups excluding carboxylic acids is 1. The molecule has 0 fully saturated rings. The predicted octanol–water partition coefficient (Wildman–Crippen LogP) is -1.14. The fourth-order valence-electron chi connectivity index (χ4n) is 0.296. The first kappa shape index (κ1) is 10.1. The molecule has 0 rings (SSSR count). The Hall–Kier alpha value is -1.89. The average Bonchev–Trinajstić information content (AvgIpc) is 1.95. The van der Waals surface area contributed by atoms with Gasteiger partial charge in [-0.3, -0.25) is 4.79 Å². The summed E-state index contributed by atoms with van der Waals surface area (Å²) in [5.74, 6) is 12.8. The second-order valence-corrected chi connectivity index (χ2v) is 1.81. The molecule has 0 aliphatic heterocycles. The van der Waals surface area contributed by atoms with Crippen molar-refractivity contribution in [2.45, 2.75) is 13.0 Å². The molecule has 0 saturated carbocycles. The van der Waals surface area contributed by atoms with Crippen molar-refractivity contribution in [3.63, 3.8) is 0 Å². The maximum absolute atomic E-state index is 10.0. The van der Waals surface area contributed by atoms with Gasteiger partial charge in [0.25, 0.3) is 5.91 Å². The van der Waals surface area contributed by atoms with Crippen LogP contribution in [0, 0.1) is 35.5 Å². The first-order valence-electron chi connectivity index (χ1n) is 3.12. The number of hydrogen-bond acceptors (Lipinski definition) is 2. The number of aliphatic hydroxyl groups is 1. The van der Waals surface area contributed by atoms with Crippen LogP contribution in [0.2, 0.25) is 0 Å². The van der Waals surface area contributed by atoms with E-state index in [4.69, 9.17) is 10.8 Å². The Balaban J connectivity index is 4.05. The lowest BCUT2D eigenvalue weighted by atomic mass is 10.4. The number of amides is 1. The number of hydrogen-bond donors (Lipinski definition) is 2. The van der Waals surface area contributed by atoms with Gasteiger partial charge in [0.05, 0.1) is 0 Å². The lowest BCUT2D eigenvalue weighted by Gasteiger charge is -1.82. The second kappa shape index (κ2) is 5.86. The number of primary amides is 1. The van der Waals surface area contributed by atoms with Gasteiger partial charge in [0, 0.05) is 5.92 Å². The molecule has 3 N–H and O–H groups in total. The van der Waals surface area contributed by atoms with Crippen LogP contribution in [-0.4, -0.2) is 17.1 Å². The van der Waals surface area contributed by atoms with Gasteiger partial charge in [0.15, 0.2) is 0 Å². The monoisotopic (exact) mass is 161 g/mol. The van der Waals surface area contributed by atoms with Gasteiger partial charge >= 0.3 is 0 Å². The van der Waals surface area contributed by atoms with Crippen molar-refractivity contribution < 1.29 is 9.90 Å². The second-order valence-electron chi connectivity index (χ2n) is 1.81. The Kier molecular flexibility index (Phi) is 4.94. The van der Waals surface area contributed by atoms with E-state index in [1.807, 2.05) is 5.92 Å². The molecule has 60 valence electrons. The van der Waals surface area contributed by atoms with E-state index in [2.05, 4.69) is 29.6 Å². The smallest absolute Gasteiger partial charge is 0.294 e. The predicted molar refractivity (Wildman–Crippen MR) is 44.2 cm³/mol. The highest BCUT2D eigenvalue weighted by Gasteiger charge is 1.79. The van der Waals surface area contributed by atoms with Crippen molar-refractivity contribution in [2.24, 2.45) is 5.73 Å². The van der Waals surface area contributed by atoms with Crippen LogP contribution in [0.15, 0.2) is 0 Å². The molecule has 3 nitrogen and oxygen atoms in total. The van der Waals surface area contributed by atoms with Gasteiger partial charge in [-0.1, -0.05) is 5.92 Å². The molecular formula is C9H7NO2. The fraction of sp³-hybridized carbons (Fsp3) is 0.222. The summed E-state index contributed by atoms with van der Waals surface area (Å²) in [5.41, 5.74) is 4.70. The van der Waals surface area contributed by atoms with Crippen molar-refractivity contribution in [1.29, 1.82) is 0 Å². The van der Waals surface area contributed by atoms with E-state index < -0.39 is 12.0 Å². The molecule has 12 heavy (non-hydrogen) atoms. The highest BCUT2D eigenvalue weighted by Crippen LogP contribution is 1.70. The lowest BCUT2D eigenvalue weighted by Crippen LogP contribution is -2.05. The summed E-state index contributed by atoms with van der Waals surface area (Å²) in [5, 5.41) is 8.65. The van der Waals surface area contributed by atoms with Crippen molar-refractivity contribution in [1.82, 2.24) is 0 Å². The zero-order valence-electron chi connectivity index (χ0n) is 6.51. The molecular weight excluding hydrogens is 154 g/mol. The van der Waals surface area contributed by atoms with Crippen molar-refractivity contribution in [3.05, 3.63) is 0 Å². The van der Waals surface area contributed by atoms with Crippen LogP contribution in [0.5, 0.6) is 0 Å². The molecule has 0 aromatic carbocycles. The van der Waals surface area contributed by atoms with E-state index >= 15 is 0 Å². The van der Waals surface area contributed by atoms with E-state index in [0.29, 0.717) is 0 Å². The van der Waals surface area contributed by atoms with Crippen molar-refractivity contribution in [3.8, 4) is 35.5 Å². The molecule has 0 aliphatic carbocycles. The third kappa shape index (κ3) is 8.11. The normalized spacial score (nSPS) is 8.83. The largest absolute Gasteiger partial charge is 0.381 e. The van der Waals surface area contributed by atoms with Gasteiger partial charge in [-0.25, -0.2) is 0 Å². The summed E-state index contributed by atoms with van der Waals surface area (Å²) in [7, 11) is 0. The number of nitrogens with two attached hydrogens (primary N) is 1. The zero-order chi connectivity index (χ0) is 9.40. The zero-order valence-corrected chi connectivity index (χ0v) is 6.51. The van der Waals surface area contributed by atoms with Gasteiger partial charge in [0.2, 0.25) is 0 Å². The minimum Gasteiger partial charge on any atom is -0.381 e. The number of rotatable bonds is 0. The van der Waals surface area contributed by atoms with E-state index in [-0.39, 0.29) is 0 Å². The topological polar surface area (TPSA) is 63.3 Å². The van der Waals surface area contributed by atoms with E-state index in [1.165, 1.54) is 6.92 Å². The molecule has 1 unspecified atom stereocenters. The standard InChI is InChI=1S/C9H7NO2/c1-8(11)6-4-2-3-5-7-9(10)12/h8,11H,1H3,(H2,10,12). The molecule has 1 amide bonds. The maximum Gasteiger partial charge on any atom is 0.294 e. The Morgan fingerprint density at radius 1 is 1.33 bits per heavy atom. The Morgan fingerprint density at radius 3 is 2.42 bits per heavy atom. The quantitative estimate of drug-likeness (QED) is 0.441. The fourth-order valence-corrected chi connectivity index (χ4v) is 0.296. The molecule has 0 aromatic heterocycles. The first-order chi connectivity index (χ1) is 5.63. The molecule has 0 saturated heterocycles. The maximum atomic E-state index is 10.0. The molecule has 0 heterocycles. The molecule has 3 heteroatoms. The molecule has 0 bridgehead atoms. The minimum atomic E-state index is -0.729. The van der Waals surface area contributed by atoms with Gasteiger partial charge < -0.3 is 10.8 Å². The first-order valence-corrected chi connectivity index (χ1v) is 3.12. The molecule has 0 aliphatic rings. The number of aliphatic hydroxyl groups excluding tert-OH is 1. The summed E-state index contributed by atoms with van der Waals surface area (Å²) in [6, 6.07) is 0.